The first-order valence-corrected chi connectivity index (χ1v) is 15.1. The number of hydrogen-bond donors (Lipinski definition) is 0. The highest BCUT2D eigenvalue weighted by Crippen LogP contribution is 2.44. The van der Waals surface area contributed by atoms with Gasteiger partial charge in [0.25, 0.3) is 0 Å². The van der Waals surface area contributed by atoms with Crippen LogP contribution in [0.5, 0.6) is 0 Å². The molecular weight excluding hydrogens is 497 g/mol. The van der Waals surface area contributed by atoms with Crippen LogP contribution in [-0.4, -0.2) is 0 Å². The highest BCUT2D eigenvalue weighted by Gasteiger charge is 2.12. The second-order valence-electron chi connectivity index (χ2n) is 8.86. The normalized spacial score (nSPS) is 11.2. The van der Waals surface area contributed by atoms with E-state index in [-0.39, 0.29) is 0 Å². The van der Waals surface area contributed by atoms with Crippen LogP contribution in [0, 0.1) is 13.8 Å². The molecule has 2 heteroatoms. The van der Waals surface area contributed by atoms with Crippen molar-refractivity contribution in [3.63, 3.8) is 0 Å². The third-order valence-corrected chi connectivity index (χ3v) is 8.72. The van der Waals surface area contributed by atoms with Crippen molar-refractivity contribution in [1.82, 2.24) is 0 Å². The van der Waals surface area contributed by atoms with Crippen LogP contribution < -0.4 is 0 Å². The molecule has 0 N–H and O–H groups in total. The monoisotopic (exact) mass is 532 g/mol. The smallest absolute Gasteiger partial charge is 0.0542 e. The van der Waals surface area contributed by atoms with Crippen LogP contribution in [0.15, 0.2) is 84.9 Å². The predicted molar refractivity (Wildman–Crippen MR) is 178 cm³/mol. The summed E-state index contributed by atoms with van der Waals surface area (Å²) in [5.41, 5.74) is 7.54. The van der Waals surface area contributed by atoms with Crippen molar-refractivity contribution in [2.45, 2.75) is 41.5 Å². The van der Waals surface area contributed by atoms with Crippen LogP contribution in [-0.2, 0) is 0 Å². The van der Waals surface area contributed by atoms with E-state index >= 15 is 0 Å². The number of thiophene rings is 2. The van der Waals surface area contributed by atoms with Gasteiger partial charge in [-0.3, -0.25) is 0 Å². The van der Waals surface area contributed by atoms with Crippen molar-refractivity contribution in [3.8, 4) is 0 Å². The lowest BCUT2D eigenvalue weighted by Gasteiger charge is -1.98. The fourth-order valence-electron chi connectivity index (χ4n) is 4.24. The topological polar surface area (TPSA) is 0 Å². The fraction of sp³-hybridized carbons (Fsp3) is 0.167. The predicted octanol–water partition coefficient (Wildman–Crippen LogP) is 12.3. The summed E-state index contributed by atoms with van der Waals surface area (Å²) in [4.78, 5) is 0. The average molecular weight is 533 g/mol. The Hall–Kier alpha value is -3.46. The molecule has 0 nitrogen and oxygen atoms in total. The molecule has 4 aromatic carbocycles. The molecular formula is C36H36S2. The second kappa shape index (κ2) is 12.9. The van der Waals surface area contributed by atoms with Gasteiger partial charge >= 0.3 is 0 Å². The molecule has 0 spiro atoms. The lowest BCUT2D eigenvalue weighted by molar-refractivity contribution is 1.46. The highest BCUT2D eigenvalue weighted by molar-refractivity contribution is 7.36. The maximum atomic E-state index is 2.32. The third-order valence-electron chi connectivity index (χ3n) is 6.22. The minimum absolute atomic E-state index is 1.23. The SMILES string of the molecule is CC.CC.Cc1ccc(C=Cc2ccc3c(c2)sc2c4ccc(C=Cc5ccc(C)cc5)cc4sc32)cc1. The molecule has 2 heterocycles. The van der Waals surface area contributed by atoms with Gasteiger partial charge in [0.2, 0.25) is 0 Å². The van der Waals surface area contributed by atoms with Gasteiger partial charge in [-0.25, -0.2) is 0 Å². The molecule has 0 aliphatic carbocycles. The van der Waals surface area contributed by atoms with E-state index in [2.05, 4.69) is 123 Å². The van der Waals surface area contributed by atoms with Crippen molar-refractivity contribution in [3.05, 3.63) is 118 Å². The molecule has 0 unspecified atom stereocenters. The minimum atomic E-state index is 1.23. The minimum Gasteiger partial charge on any atom is -0.134 e. The van der Waals surface area contributed by atoms with Crippen molar-refractivity contribution in [2.75, 3.05) is 0 Å². The average Bonchev–Trinajstić information content (AvgIpc) is 3.50. The number of fused-ring (bicyclic) bond motifs is 5. The van der Waals surface area contributed by atoms with E-state index in [0.717, 1.165) is 0 Å². The lowest BCUT2D eigenvalue weighted by atomic mass is 10.1. The molecule has 0 fully saturated rings. The Morgan fingerprint density at radius 2 is 0.737 bits per heavy atom. The van der Waals surface area contributed by atoms with E-state index in [1.54, 1.807) is 0 Å². The summed E-state index contributed by atoms with van der Waals surface area (Å²) in [6.45, 7) is 12.2. The summed E-state index contributed by atoms with van der Waals surface area (Å²) in [6.07, 6.45) is 8.81. The summed E-state index contributed by atoms with van der Waals surface area (Å²) in [7, 11) is 0. The van der Waals surface area contributed by atoms with Gasteiger partial charge in [-0.1, -0.05) is 136 Å². The molecule has 0 saturated heterocycles. The summed E-state index contributed by atoms with van der Waals surface area (Å²) in [6, 6.07) is 31.0. The first kappa shape index (κ1) is 27.6. The molecule has 0 amide bonds. The van der Waals surface area contributed by atoms with Crippen LogP contribution in [0.2, 0.25) is 0 Å². The van der Waals surface area contributed by atoms with Gasteiger partial charge in [-0.2, -0.15) is 0 Å². The third kappa shape index (κ3) is 6.15. The largest absolute Gasteiger partial charge is 0.134 e. The van der Waals surface area contributed by atoms with Crippen LogP contribution >= 0.6 is 22.7 Å². The van der Waals surface area contributed by atoms with Crippen molar-refractivity contribution in [1.29, 1.82) is 0 Å². The fourth-order valence-corrected chi connectivity index (χ4v) is 6.99. The summed E-state index contributed by atoms with van der Waals surface area (Å²) >= 11 is 3.82. The highest BCUT2D eigenvalue weighted by atomic mass is 32.1. The molecule has 0 aliphatic heterocycles. The molecule has 6 aromatic rings. The Labute approximate surface area is 235 Å². The van der Waals surface area contributed by atoms with Crippen LogP contribution in [0.25, 0.3) is 53.9 Å². The van der Waals surface area contributed by atoms with Gasteiger partial charge in [-0.05, 0) is 48.2 Å². The van der Waals surface area contributed by atoms with Crippen LogP contribution in [0.3, 0.4) is 0 Å². The molecule has 0 atom stereocenters. The molecule has 6 rings (SSSR count). The molecule has 38 heavy (non-hydrogen) atoms. The standard InChI is InChI=1S/C32H24S2.2C2H6/c1-21-3-7-23(8-4-21)11-13-25-15-17-27-29(19-25)33-32-28-18-16-26(20-30(28)34-31(27)32)14-12-24-9-5-22(2)6-10-24;2*1-2/h3-20H,1-2H3;2*1-2H3. The van der Waals surface area contributed by atoms with Gasteiger partial charge in [0.1, 0.15) is 0 Å². The number of benzene rings is 4. The van der Waals surface area contributed by atoms with Crippen molar-refractivity contribution < 1.29 is 0 Å². The summed E-state index contributed by atoms with van der Waals surface area (Å²) in [5, 5.41) is 2.73. The molecule has 192 valence electrons. The molecule has 2 aromatic heterocycles. The number of hydrogen-bond acceptors (Lipinski definition) is 2. The van der Waals surface area contributed by atoms with E-state index < -0.39 is 0 Å². The van der Waals surface area contributed by atoms with Gasteiger partial charge in [0, 0.05) is 20.2 Å². The van der Waals surface area contributed by atoms with Crippen molar-refractivity contribution >= 4 is 76.5 Å². The maximum Gasteiger partial charge on any atom is 0.0542 e. The van der Waals surface area contributed by atoms with Gasteiger partial charge in [0.15, 0.2) is 0 Å². The van der Waals surface area contributed by atoms with E-state index in [4.69, 9.17) is 0 Å². The zero-order chi connectivity index (χ0) is 27.1. The van der Waals surface area contributed by atoms with Crippen LogP contribution in [0.4, 0.5) is 0 Å². The Balaban J connectivity index is 0.000000804. The first-order chi connectivity index (χ1) is 18.6. The van der Waals surface area contributed by atoms with Gasteiger partial charge in [0.05, 0.1) is 9.40 Å². The van der Waals surface area contributed by atoms with Crippen LogP contribution in [0.1, 0.15) is 61.1 Å². The van der Waals surface area contributed by atoms with E-state index in [1.807, 2.05) is 50.4 Å². The molecule has 0 bridgehead atoms. The summed E-state index contributed by atoms with van der Waals surface area (Å²) < 4.78 is 5.53. The maximum absolute atomic E-state index is 2.32. The van der Waals surface area contributed by atoms with Gasteiger partial charge < -0.3 is 0 Å². The number of rotatable bonds is 4. The second-order valence-corrected chi connectivity index (χ2v) is 11.0. The quantitative estimate of drug-likeness (QED) is 0.198. The Kier molecular flexibility index (Phi) is 9.33. The van der Waals surface area contributed by atoms with Gasteiger partial charge in [-0.15, -0.1) is 22.7 Å². The molecule has 0 aliphatic rings. The Bertz CT molecular complexity index is 1560. The molecule has 0 saturated carbocycles. The first-order valence-electron chi connectivity index (χ1n) is 13.5. The number of aryl methyl sites for hydroxylation is 2. The van der Waals surface area contributed by atoms with E-state index in [0.29, 0.717) is 0 Å². The molecule has 0 radical (unpaired) electrons. The van der Waals surface area contributed by atoms with Crippen molar-refractivity contribution in [2.24, 2.45) is 0 Å². The Morgan fingerprint density at radius 3 is 1.11 bits per heavy atom. The zero-order valence-electron chi connectivity index (χ0n) is 23.2. The Morgan fingerprint density at radius 1 is 0.421 bits per heavy atom. The lowest BCUT2D eigenvalue weighted by Crippen LogP contribution is -1.75. The van der Waals surface area contributed by atoms with E-state index in [1.165, 1.54) is 63.0 Å². The summed E-state index contributed by atoms with van der Waals surface area (Å²) in [5.74, 6) is 0. The van der Waals surface area contributed by atoms with E-state index in [9.17, 15) is 0 Å². The zero-order valence-corrected chi connectivity index (χ0v) is 24.8.